The maximum absolute atomic E-state index is 12.4. The maximum Gasteiger partial charge on any atom is 0.227 e. The summed E-state index contributed by atoms with van der Waals surface area (Å²) in [6.07, 6.45) is 3.15. The number of nitrogens with zero attached hydrogens (tertiary/aromatic N) is 2. The third kappa shape index (κ3) is 4.05. The van der Waals surface area contributed by atoms with Gasteiger partial charge in [0.2, 0.25) is 5.91 Å². The minimum absolute atomic E-state index is 0.248. The number of rotatable bonds is 5. The van der Waals surface area contributed by atoms with Crippen molar-refractivity contribution in [3.05, 3.63) is 29.8 Å². The molecule has 2 fully saturated rings. The zero-order chi connectivity index (χ0) is 16.4. The molecule has 1 saturated carbocycles. The average Bonchev–Trinajstić information content (AvgIpc) is 3.29. The lowest BCUT2D eigenvalue weighted by atomic mass is 10.0. The molecule has 0 bridgehead atoms. The fourth-order valence-corrected chi connectivity index (χ4v) is 3.12. The summed E-state index contributed by atoms with van der Waals surface area (Å²) in [5, 5.41) is 3.59. The van der Waals surface area contributed by atoms with Gasteiger partial charge in [0.25, 0.3) is 0 Å². The Morgan fingerprint density at radius 1 is 1.17 bits per heavy atom. The molecule has 1 aliphatic carbocycles. The second kappa shape index (κ2) is 6.52. The molecule has 4 nitrogen and oxygen atoms in total. The monoisotopic (exact) mass is 315 g/mol. The molecule has 2 aliphatic rings. The Morgan fingerprint density at radius 2 is 1.78 bits per heavy atom. The number of anilines is 1. The Labute approximate surface area is 139 Å². The van der Waals surface area contributed by atoms with Crippen LogP contribution in [-0.4, -0.2) is 55.0 Å². The number of benzene rings is 1. The van der Waals surface area contributed by atoms with E-state index < -0.39 is 0 Å². The van der Waals surface area contributed by atoms with E-state index in [2.05, 4.69) is 55.4 Å². The number of hydrogen-bond acceptors (Lipinski definition) is 3. The Kier molecular flexibility index (Phi) is 4.62. The summed E-state index contributed by atoms with van der Waals surface area (Å²) >= 11 is 0. The number of carbonyl (C=O) groups is 1. The highest BCUT2D eigenvalue weighted by Crippen LogP contribution is 2.48. The van der Waals surface area contributed by atoms with Gasteiger partial charge in [0.1, 0.15) is 0 Å². The number of piperazine rings is 1. The van der Waals surface area contributed by atoms with Crippen molar-refractivity contribution in [2.45, 2.75) is 39.2 Å². The van der Waals surface area contributed by atoms with Crippen LogP contribution in [0.5, 0.6) is 0 Å². The molecule has 0 unspecified atom stereocenters. The molecule has 1 saturated heterocycles. The molecule has 1 amide bonds. The molecule has 0 aromatic heterocycles. The van der Waals surface area contributed by atoms with Crippen LogP contribution in [0.15, 0.2) is 24.3 Å². The minimum atomic E-state index is 0.248. The Morgan fingerprint density at radius 3 is 2.35 bits per heavy atom. The van der Waals surface area contributed by atoms with Crippen molar-refractivity contribution in [3.63, 3.8) is 0 Å². The van der Waals surface area contributed by atoms with Crippen LogP contribution in [0.3, 0.4) is 0 Å². The predicted molar refractivity (Wildman–Crippen MR) is 94.6 cm³/mol. The summed E-state index contributed by atoms with van der Waals surface area (Å²) < 4.78 is 0. The SMILES string of the molecule is C[C@H](Nc1ccc(CC(=O)N2CCN(C)CC2)cc1)C1(C)CC1. The Bertz CT molecular complexity index is 542. The minimum Gasteiger partial charge on any atom is -0.382 e. The van der Waals surface area contributed by atoms with E-state index in [1.165, 1.54) is 12.8 Å². The van der Waals surface area contributed by atoms with E-state index in [0.29, 0.717) is 17.9 Å². The van der Waals surface area contributed by atoms with Crippen LogP contribution in [-0.2, 0) is 11.2 Å². The molecular weight excluding hydrogens is 286 g/mol. The molecule has 23 heavy (non-hydrogen) atoms. The van der Waals surface area contributed by atoms with Crippen LogP contribution in [0.25, 0.3) is 0 Å². The maximum atomic E-state index is 12.4. The average molecular weight is 315 g/mol. The van der Waals surface area contributed by atoms with Gasteiger partial charge in [-0.1, -0.05) is 19.1 Å². The lowest BCUT2D eigenvalue weighted by Crippen LogP contribution is -2.47. The predicted octanol–water partition coefficient (Wildman–Crippen LogP) is 2.60. The van der Waals surface area contributed by atoms with E-state index in [1.807, 2.05) is 4.90 Å². The highest BCUT2D eigenvalue weighted by atomic mass is 16.2. The molecule has 1 atom stereocenters. The van der Waals surface area contributed by atoms with E-state index in [1.54, 1.807) is 0 Å². The number of likely N-dealkylation sites (N-methyl/N-ethyl adjacent to an activating group) is 1. The van der Waals surface area contributed by atoms with Gasteiger partial charge < -0.3 is 15.1 Å². The molecule has 0 spiro atoms. The third-order valence-electron chi connectivity index (χ3n) is 5.63. The summed E-state index contributed by atoms with van der Waals surface area (Å²) in [6, 6.07) is 8.88. The topological polar surface area (TPSA) is 35.6 Å². The van der Waals surface area contributed by atoms with E-state index in [0.717, 1.165) is 37.4 Å². The van der Waals surface area contributed by atoms with Gasteiger partial charge in [-0.15, -0.1) is 0 Å². The van der Waals surface area contributed by atoms with Gasteiger partial charge in [-0.05, 0) is 49.9 Å². The highest BCUT2D eigenvalue weighted by Gasteiger charge is 2.42. The van der Waals surface area contributed by atoms with Gasteiger partial charge in [0, 0.05) is 37.9 Å². The number of nitrogens with one attached hydrogen (secondary N) is 1. The molecule has 3 rings (SSSR count). The van der Waals surface area contributed by atoms with Crippen molar-refractivity contribution < 1.29 is 4.79 Å². The summed E-state index contributed by atoms with van der Waals surface area (Å²) in [7, 11) is 2.11. The van der Waals surface area contributed by atoms with E-state index >= 15 is 0 Å². The Hall–Kier alpha value is -1.55. The number of hydrogen-bond donors (Lipinski definition) is 1. The van der Waals surface area contributed by atoms with E-state index in [9.17, 15) is 4.79 Å². The van der Waals surface area contributed by atoms with Crippen LogP contribution < -0.4 is 5.32 Å². The molecule has 1 N–H and O–H groups in total. The molecule has 1 aromatic carbocycles. The second-order valence-corrected chi connectivity index (χ2v) is 7.58. The smallest absolute Gasteiger partial charge is 0.227 e. The highest BCUT2D eigenvalue weighted by molar-refractivity contribution is 5.79. The van der Waals surface area contributed by atoms with Crippen LogP contribution in [0, 0.1) is 5.41 Å². The zero-order valence-corrected chi connectivity index (χ0v) is 14.6. The van der Waals surface area contributed by atoms with Gasteiger partial charge in [-0.2, -0.15) is 0 Å². The van der Waals surface area contributed by atoms with Crippen LogP contribution >= 0.6 is 0 Å². The van der Waals surface area contributed by atoms with Crippen molar-refractivity contribution in [2.24, 2.45) is 5.41 Å². The van der Waals surface area contributed by atoms with Gasteiger partial charge in [-0.3, -0.25) is 4.79 Å². The molecule has 1 heterocycles. The van der Waals surface area contributed by atoms with Crippen molar-refractivity contribution in [3.8, 4) is 0 Å². The first-order valence-electron chi connectivity index (χ1n) is 8.78. The van der Waals surface area contributed by atoms with Gasteiger partial charge in [-0.25, -0.2) is 0 Å². The first kappa shape index (κ1) is 16.3. The van der Waals surface area contributed by atoms with Gasteiger partial charge in [0.15, 0.2) is 0 Å². The normalized spacial score (nSPS) is 21.8. The number of amides is 1. The molecule has 126 valence electrons. The summed E-state index contributed by atoms with van der Waals surface area (Å²) in [6.45, 7) is 8.26. The molecular formula is C19H29N3O. The first-order chi connectivity index (χ1) is 11.0. The second-order valence-electron chi connectivity index (χ2n) is 7.58. The van der Waals surface area contributed by atoms with E-state index in [-0.39, 0.29) is 5.91 Å². The lowest BCUT2D eigenvalue weighted by molar-refractivity contribution is -0.132. The van der Waals surface area contributed by atoms with Gasteiger partial charge in [0.05, 0.1) is 6.42 Å². The zero-order valence-electron chi connectivity index (χ0n) is 14.6. The van der Waals surface area contributed by atoms with Crippen molar-refractivity contribution in [2.75, 3.05) is 38.5 Å². The number of carbonyl (C=O) groups excluding carboxylic acids is 1. The lowest BCUT2D eigenvalue weighted by Gasteiger charge is -2.32. The molecule has 1 aliphatic heterocycles. The molecule has 0 radical (unpaired) electrons. The largest absolute Gasteiger partial charge is 0.382 e. The summed E-state index contributed by atoms with van der Waals surface area (Å²) in [4.78, 5) is 16.6. The van der Waals surface area contributed by atoms with Crippen LogP contribution in [0.2, 0.25) is 0 Å². The quantitative estimate of drug-likeness (QED) is 0.907. The standard InChI is InChI=1S/C19H29N3O/c1-15(19(2)8-9-19)20-17-6-4-16(5-7-17)14-18(23)22-12-10-21(3)11-13-22/h4-7,15,20H,8-14H2,1-3H3/t15-/m0/s1. The first-order valence-corrected chi connectivity index (χ1v) is 8.78. The Balaban J connectivity index is 1.52. The fraction of sp³-hybridized carbons (Fsp3) is 0.632. The van der Waals surface area contributed by atoms with Gasteiger partial charge >= 0.3 is 0 Å². The summed E-state index contributed by atoms with van der Waals surface area (Å²) in [5.74, 6) is 0.248. The van der Waals surface area contributed by atoms with Crippen molar-refractivity contribution in [1.29, 1.82) is 0 Å². The van der Waals surface area contributed by atoms with Crippen molar-refractivity contribution >= 4 is 11.6 Å². The molecule has 1 aromatic rings. The third-order valence-corrected chi connectivity index (χ3v) is 5.63. The van der Waals surface area contributed by atoms with Crippen LogP contribution in [0.1, 0.15) is 32.3 Å². The fourth-order valence-electron chi connectivity index (χ4n) is 3.12. The van der Waals surface area contributed by atoms with Crippen LogP contribution in [0.4, 0.5) is 5.69 Å². The van der Waals surface area contributed by atoms with E-state index in [4.69, 9.17) is 0 Å². The molecule has 4 heteroatoms. The summed E-state index contributed by atoms with van der Waals surface area (Å²) in [5.41, 5.74) is 2.72. The van der Waals surface area contributed by atoms with Crippen molar-refractivity contribution in [1.82, 2.24) is 9.80 Å².